The Hall–Kier alpha value is -4.71. The first kappa shape index (κ1) is 78.3. The third-order valence-electron chi connectivity index (χ3n) is 14.3. The smallest absolute Gasteiger partial charge is 0.306 e. The normalized spacial score (nSPS) is 13.0. The van der Waals surface area contributed by atoms with Crippen LogP contribution >= 0.6 is 0 Å². The Kier molecular flexibility index (Phi) is 65.8. The molecule has 0 heterocycles. The summed E-state index contributed by atoms with van der Waals surface area (Å²) in [7, 11) is 0. The van der Waals surface area contributed by atoms with E-state index in [9.17, 15) is 14.4 Å². The van der Waals surface area contributed by atoms with E-state index in [4.69, 9.17) is 14.2 Å². The second kappa shape index (κ2) is 69.8. The minimum Gasteiger partial charge on any atom is -0.462 e. The molecule has 0 saturated heterocycles. The number of esters is 3. The van der Waals surface area contributed by atoms with Crippen molar-refractivity contribution in [2.24, 2.45) is 0 Å². The minimum absolute atomic E-state index is 0.0929. The molecule has 6 nitrogen and oxygen atoms in total. The van der Waals surface area contributed by atoms with Crippen LogP contribution in [-0.4, -0.2) is 37.2 Å². The van der Waals surface area contributed by atoms with Crippen molar-refractivity contribution in [3.8, 4) is 0 Å². The van der Waals surface area contributed by atoms with E-state index in [-0.39, 0.29) is 37.5 Å². The number of unbranched alkanes of at least 4 members (excludes halogenated alkanes) is 26. The molecule has 0 aliphatic rings. The first-order chi connectivity index (χ1) is 41.0. The summed E-state index contributed by atoms with van der Waals surface area (Å²) in [5.41, 5.74) is 0. The van der Waals surface area contributed by atoms with Crippen LogP contribution in [0.15, 0.2) is 146 Å². The molecule has 0 N–H and O–H groups in total. The molecule has 0 aromatic carbocycles. The Balaban J connectivity index is 4.14. The van der Waals surface area contributed by atoms with E-state index < -0.39 is 6.10 Å². The molecule has 0 saturated carbocycles. The SMILES string of the molecule is CC/C=C\C/C=C\C/C=C\C/C=C\C/C=C\C/C=C\C/C=C\CCCCCC(=O)OC(COC(=O)CCCCCCCCC)COC(=O)CCCCCCCCCCCCCCCCCCC/C=C\C/C=C\C/C=C\C/C=C\C/C=C\CC. The zero-order chi connectivity index (χ0) is 59.9. The van der Waals surface area contributed by atoms with E-state index >= 15 is 0 Å². The molecule has 0 spiro atoms. The monoisotopic (exact) mass is 1150 g/mol. The van der Waals surface area contributed by atoms with E-state index in [1.807, 2.05) is 0 Å². The quantitative estimate of drug-likeness (QED) is 0.0261. The van der Waals surface area contributed by atoms with Crippen molar-refractivity contribution in [3.05, 3.63) is 146 Å². The van der Waals surface area contributed by atoms with E-state index in [1.54, 1.807) is 0 Å². The standard InChI is InChI=1S/C77H126O6/c1-4-7-10-13-16-18-20-22-24-26-28-30-32-34-35-36-37-38-39-40-41-43-44-46-48-50-52-54-56-58-61-64-67-70-76(79)82-73-74(72-81-75(78)69-66-63-60-15-12-9-6-3)83-77(80)71-68-65-62-59-57-55-53-51-49-47-45-42-33-31-29-27-25-23-21-19-17-14-11-8-5-2/h7-8,10-11,16-19,22-25,28-31,34-35,42,45,49,51,55,57,74H,4-6,9,12-15,20-21,26-27,32-33,36-41,43-44,46-48,50,52-54,56,58-73H2,1-3H3/b10-7-,11-8-,18-16-,19-17-,24-22-,25-23-,30-28-,31-29-,35-34-,45-42-,51-49-,57-55-. The molecule has 0 radical (unpaired) electrons. The molecule has 0 rings (SSSR count). The van der Waals surface area contributed by atoms with Crippen LogP contribution in [0.1, 0.15) is 303 Å². The molecular formula is C77H126O6. The van der Waals surface area contributed by atoms with Crippen molar-refractivity contribution in [3.63, 3.8) is 0 Å². The topological polar surface area (TPSA) is 78.9 Å². The van der Waals surface area contributed by atoms with Crippen molar-refractivity contribution in [1.82, 2.24) is 0 Å². The number of ether oxygens (including phenoxy) is 3. The molecule has 0 fully saturated rings. The van der Waals surface area contributed by atoms with E-state index in [1.165, 1.54) is 122 Å². The van der Waals surface area contributed by atoms with Gasteiger partial charge in [0.05, 0.1) is 0 Å². The van der Waals surface area contributed by atoms with Gasteiger partial charge in [-0.15, -0.1) is 0 Å². The molecule has 470 valence electrons. The van der Waals surface area contributed by atoms with Gasteiger partial charge in [0.2, 0.25) is 0 Å². The van der Waals surface area contributed by atoms with Gasteiger partial charge in [-0.05, 0) is 122 Å². The lowest BCUT2D eigenvalue weighted by molar-refractivity contribution is -0.167. The lowest BCUT2D eigenvalue weighted by Gasteiger charge is -2.18. The van der Waals surface area contributed by atoms with Gasteiger partial charge < -0.3 is 14.2 Å². The molecule has 1 atom stereocenters. The highest BCUT2D eigenvalue weighted by Gasteiger charge is 2.19. The molecule has 1 unspecified atom stereocenters. The van der Waals surface area contributed by atoms with Gasteiger partial charge in [0.15, 0.2) is 6.10 Å². The third kappa shape index (κ3) is 68.0. The van der Waals surface area contributed by atoms with Crippen LogP contribution in [0.2, 0.25) is 0 Å². The first-order valence-electron chi connectivity index (χ1n) is 34.3. The molecule has 0 aliphatic carbocycles. The zero-order valence-corrected chi connectivity index (χ0v) is 53.9. The lowest BCUT2D eigenvalue weighted by atomic mass is 10.0. The Morgan fingerprint density at radius 1 is 0.253 bits per heavy atom. The van der Waals surface area contributed by atoms with E-state index in [0.29, 0.717) is 12.8 Å². The lowest BCUT2D eigenvalue weighted by Crippen LogP contribution is -2.30. The van der Waals surface area contributed by atoms with Crippen molar-refractivity contribution in [2.75, 3.05) is 13.2 Å². The summed E-state index contributed by atoms with van der Waals surface area (Å²) in [6.07, 6.45) is 100. The second-order valence-corrected chi connectivity index (χ2v) is 22.3. The Morgan fingerprint density at radius 3 is 0.747 bits per heavy atom. The van der Waals surface area contributed by atoms with Crippen LogP contribution in [0.5, 0.6) is 0 Å². The average Bonchev–Trinajstić information content (AvgIpc) is 3.50. The summed E-state index contributed by atoms with van der Waals surface area (Å²) in [4.78, 5) is 38.1. The van der Waals surface area contributed by atoms with Crippen molar-refractivity contribution in [2.45, 2.75) is 309 Å². The van der Waals surface area contributed by atoms with E-state index in [2.05, 4.69) is 167 Å². The van der Waals surface area contributed by atoms with E-state index in [0.717, 1.165) is 141 Å². The summed E-state index contributed by atoms with van der Waals surface area (Å²) in [5, 5.41) is 0. The summed E-state index contributed by atoms with van der Waals surface area (Å²) in [5.74, 6) is -0.929. The molecule has 0 amide bonds. The van der Waals surface area contributed by atoms with Crippen LogP contribution in [0.4, 0.5) is 0 Å². The zero-order valence-electron chi connectivity index (χ0n) is 53.9. The number of carbonyl (C=O) groups excluding carboxylic acids is 3. The Morgan fingerprint density at radius 2 is 0.470 bits per heavy atom. The number of carbonyl (C=O) groups is 3. The molecular weight excluding hydrogens is 1020 g/mol. The fourth-order valence-corrected chi connectivity index (χ4v) is 9.27. The maximum atomic E-state index is 12.9. The highest BCUT2D eigenvalue weighted by atomic mass is 16.6. The van der Waals surface area contributed by atoms with Crippen LogP contribution in [0.25, 0.3) is 0 Å². The summed E-state index contributed by atoms with van der Waals surface area (Å²) in [6.45, 7) is 6.35. The van der Waals surface area contributed by atoms with Gasteiger partial charge >= 0.3 is 17.9 Å². The van der Waals surface area contributed by atoms with Crippen LogP contribution in [-0.2, 0) is 28.6 Å². The maximum Gasteiger partial charge on any atom is 0.306 e. The van der Waals surface area contributed by atoms with Gasteiger partial charge in [-0.25, -0.2) is 0 Å². The highest BCUT2D eigenvalue weighted by molar-refractivity contribution is 5.71. The number of allylic oxidation sites excluding steroid dienone is 24. The predicted molar refractivity (Wildman–Crippen MR) is 362 cm³/mol. The first-order valence-corrected chi connectivity index (χ1v) is 34.3. The maximum absolute atomic E-state index is 12.9. The molecule has 6 heteroatoms. The fraction of sp³-hybridized carbons (Fsp3) is 0.649. The van der Waals surface area contributed by atoms with Gasteiger partial charge in [0, 0.05) is 19.3 Å². The predicted octanol–water partition coefficient (Wildman–Crippen LogP) is 23.9. The third-order valence-corrected chi connectivity index (χ3v) is 14.3. The number of rotatable bonds is 61. The van der Waals surface area contributed by atoms with Crippen LogP contribution in [0.3, 0.4) is 0 Å². The molecule has 0 aromatic rings. The number of hydrogen-bond donors (Lipinski definition) is 0. The van der Waals surface area contributed by atoms with Gasteiger partial charge in [-0.2, -0.15) is 0 Å². The summed E-state index contributed by atoms with van der Waals surface area (Å²) >= 11 is 0. The summed E-state index contributed by atoms with van der Waals surface area (Å²) < 4.78 is 16.8. The molecule has 0 aromatic heterocycles. The molecule has 0 bridgehead atoms. The van der Waals surface area contributed by atoms with Crippen molar-refractivity contribution in [1.29, 1.82) is 0 Å². The van der Waals surface area contributed by atoms with Gasteiger partial charge in [0.25, 0.3) is 0 Å². The second-order valence-electron chi connectivity index (χ2n) is 22.3. The van der Waals surface area contributed by atoms with Gasteiger partial charge in [0.1, 0.15) is 13.2 Å². The Bertz CT molecular complexity index is 1800. The summed E-state index contributed by atoms with van der Waals surface area (Å²) in [6, 6.07) is 0. The minimum atomic E-state index is -0.798. The van der Waals surface area contributed by atoms with Gasteiger partial charge in [-0.3, -0.25) is 14.4 Å². The van der Waals surface area contributed by atoms with Crippen molar-refractivity contribution >= 4 is 17.9 Å². The van der Waals surface area contributed by atoms with Crippen LogP contribution < -0.4 is 0 Å². The highest BCUT2D eigenvalue weighted by Crippen LogP contribution is 2.16. The van der Waals surface area contributed by atoms with Gasteiger partial charge in [-0.1, -0.05) is 308 Å². The fourth-order valence-electron chi connectivity index (χ4n) is 9.27. The molecule has 0 aliphatic heterocycles. The van der Waals surface area contributed by atoms with Crippen molar-refractivity contribution < 1.29 is 28.6 Å². The average molecular weight is 1150 g/mol. The van der Waals surface area contributed by atoms with Crippen LogP contribution in [0, 0.1) is 0 Å². The Labute approximate surface area is 512 Å². The largest absolute Gasteiger partial charge is 0.462 e. The number of hydrogen-bond acceptors (Lipinski definition) is 6. The molecule has 83 heavy (non-hydrogen) atoms.